The van der Waals surface area contributed by atoms with Gasteiger partial charge in [-0.1, -0.05) is 12.8 Å². The Balaban J connectivity index is 1.62. The van der Waals surface area contributed by atoms with Crippen LogP contribution in [0.5, 0.6) is 0 Å². The summed E-state index contributed by atoms with van der Waals surface area (Å²) in [7, 11) is 0. The summed E-state index contributed by atoms with van der Waals surface area (Å²) in [5.74, 6) is 0.879. The summed E-state index contributed by atoms with van der Waals surface area (Å²) in [6, 6.07) is 2.28. The van der Waals surface area contributed by atoms with Crippen LogP contribution in [0.15, 0.2) is 12.3 Å². The molecule has 2 fully saturated rings. The first-order chi connectivity index (χ1) is 8.24. The quantitative estimate of drug-likeness (QED) is 0.816. The zero-order valence-corrected chi connectivity index (χ0v) is 9.98. The van der Waals surface area contributed by atoms with E-state index in [1.807, 2.05) is 10.8 Å². The lowest BCUT2D eigenvalue weighted by Gasteiger charge is -2.08. The Morgan fingerprint density at radius 1 is 1.41 bits per heavy atom. The van der Waals surface area contributed by atoms with Crippen LogP contribution in [0.25, 0.3) is 0 Å². The van der Waals surface area contributed by atoms with Gasteiger partial charge in [0, 0.05) is 18.8 Å². The smallest absolute Gasteiger partial charge is 0.267 e. The van der Waals surface area contributed by atoms with Gasteiger partial charge in [0.2, 0.25) is 0 Å². The van der Waals surface area contributed by atoms with E-state index in [1.165, 1.54) is 12.8 Å². The number of anilines is 1. The van der Waals surface area contributed by atoms with E-state index in [0.29, 0.717) is 11.7 Å². The van der Waals surface area contributed by atoms with Crippen LogP contribution in [-0.2, 0) is 0 Å². The third-order valence-corrected chi connectivity index (χ3v) is 3.58. The Bertz CT molecular complexity index is 430. The molecule has 1 amide bonds. The van der Waals surface area contributed by atoms with Gasteiger partial charge in [-0.2, -0.15) is 0 Å². The van der Waals surface area contributed by atoms with Crippen LogP contribution in [0.4, 0.5) is 5.69 Å². The summed E-state index contributed by atoms with van der Waals surface area (Å²) in [6.45, 7) is 0.791. The summed E-state index contributed by atoms with van der Waals surface area (Å²) < 4.78 is 2.03. The monoisotopic (exact) mass is 233 g/mol. The van der Waals surface area contributed by atoms with Gasteiger partial charge in [-0.25, -0.2) is 0 Å². The Labute approximate surface area is 101 Å². The van der Waals surface area contributed by atoms with E-state index >= 15 is 0 Å². The molecule has 0 aromatic carbocycles. The Morgan fingerprint density at radius 3 is 2.82 bits per heavy atom. The minimum absolute atomic E-state index is 0.0225. The second-order valence-corrected chi connectivity index (χ2v) is 5.29. The van der Waals surface area contributed by atoms with E-state index < -0.39 is 0 Å². The molecular weight excluding hydrogens is 214 g/mol. The number of carbonyl (C=O) groups excluding carboxylic acids is 1. The van der Waals surface area contributed by atoms with Crippen LogP contribution in [-0.4, -0.2) is 17.0 Å². The van der Waals surface area contributed by atoms with Crippen molar-refractivity contribution in [1.29, 1.82) is 0 Å². The number of aromatic nitrogens is 1. The van der Waals surface area contributed by atoms with Crippen molar-refractivity contribution in [3.05, 3.63) is 18.0 Å². The third-order valence-electron chi connectivity index (χ3n) is 3.58. The van der Waals surface area contributed by atoms with Crippen molar-refractivity contribution in [2.45, 2.75) is 38.1 Å². The van der Waals surface area contributed by atoms with Crippen LogP contribution in [0, 0.1) is 5.92 Å². The highest BCUT2D eigenvalue weighted by atomic mass is 16.1. The van der Waals surface area contributed by atoms with E-state index in [4.69, 9.17) is 5.73 Å². The topological polar surface area (TPSA) is 60.1 Å². The molecule has 0 radical (unpaired) electrons. The van der Waals surface area contributed by atoms with Gasteiger partial charge in [-0.15, -0.1) is 0 Å². The predicted molar refractivity (Wildman–Crippen MR) is 66.8 cm³/mol. The second-order valence-electron chi connectivity index (χ2n) is 5.29. The predicted octanol–water partition coefficient (Wildman–Crippen LogP) is 1.94. The van der Waals surface area contributed by atoms with Crippen LogP contribution in [0.3, 0.4) is 0 Å². The highest BCUT2D eigenvalue weighted by Crippen LogP contribution is 2.37. The molecule has 3 N–H and O–H groups in total. The van der Waals surface area contributed by atoms with E-state index in [9.17, 15) is 4.79 Å². The van der Waals surface area contributed by atoms with Crippen molar-refractivity contribution in [2.24, 2.45) is 5.92 Å². The molecule has 0 atom stereocenters. The van der Waals surface area contributed by atoms with Gasteiger partial charge in [-0.05, 0) is 31.2 Å². The number of carbonyl (C=O) groups is 1. The van der Waals surface area contributed by atoms with Crippen LogP contribution in [0.1, 0.15) is 48.6 Å². The molecule has 92 valence electrons. The van der Waals surface area contributed by atoms with Crippen molar-refractivity contribution in [1.82, 2.24) is 9.88 Å². The molecule has 0 unspecified atom stereocenters. The fourth-order valence-electron chi connectivity index (χ4n) is 2.22. The third kappa shape index (κ3) is 2.46. The summed E-state index contributed by atoms with van der Waals surface area (Å²) in [5.41, 5.74) is 7.18. The van der Waals surface area contributed by atoms with Gasteiger partial charge in [0.05, 0.1) is 5.69 Å². The van der Waals surface area contributed by atoms with Gasteiger partial charge in [-0.3, -0.25) is 4.79 Å². The molecule has 0 saturated heterocycles. The van der Waals surface area contributed by atoms with Crippen molar-refractivity contribution < 1.29 is 4.79 Å². The molecular formula is C13H19N3O. The summed E-state index contributed by atoms with van der Waals surface area (Å²) in [6.07, 6.45) is 7.99. The number of amides is 1. The molecule has 0 aliphatic heterocycles. The number of nitrogen functional groups attached to an aromatic ring is 1. The molecule has 4 nitrogen and oxygen atoms in total. The number of nitrogens with one attached hydrogen (secondary N) is 1. The van der Waals surface area contributed by atoms with Gasteiger partial charge < -0.3 is 15.6 Å². The van der Waals surface area contributed by atoms with Gasteiger partial charge in [0.1, 0.15) is 5.69 Å². The van der Waals surface area contributed by atoms with E-state index in [0.717, 1.165) is 37.4 Å². The Kier molecular flexibility index (Phi) is 2.57. The Hall–Kier alpha value is -1.45. The number of hydrogen-bond acceptors (Lipinski definition) is 2. The van der Waals surface area contributed by atoms with Gasteiger partial charge in [0.25, 0.3) is 5.91 Å². The zero-order chi connectivity index (χ0) is 11.8. The molecule has 1 aromatic heterocycles. The average Bonchev–Trinajstić information content (AvgIpc) is 3.18. The molecule has 4 heteroatoms. The first-order valence-electron chi connectivity index (χ1n) is 6.49. The first kappa shape index (κ1) is 10.7. The molecule has 1 aromatic rings. The van der Waals surface area contributed by atoms with E-state index in [2.05, 4.69) is 5.32 Å². The standard InChI is InChI=1S/C13H19N3O/c14-10-7-12(16(8-10)11-3-4-11)13(17)15-6-5-9-1-2-9/h7-9,11H,1-6,14H2,(H,15,17). The maximum atomic E-state index is 12.0. The minimum atomic E-state index is 0.0225. The fraction of sp³-hybridized carbons (Fsp3) is 0.615. The van der Waals surface area contributed by atoms with Crippen LogP contribution >= 0.6 is 0 Å². The highest BCUT2D eigenvalue weighted by molar-refractivity contribution is 5.93. The molecule has 3 rings (SSSR count). The summed E-state index contributed by atoms with van der Waals surface area (Å²) in [4.78, 5) is 12.0. The van der Waals surface area contributed by atoms with Crippen molar-refractivity contribution >= 4 is 11.6 Å². The molecule has 2 aliphatic rings. The zero-order valence-electron chi connectivity index (χ0n) is 9.98. The molecule has 2 aliphatic carbocycles. The lowest BCUT2D eigenvalue weighted by molar-refractivity contribution is 0.0943. The average molecular weight is 233 g/mol. The minimum Gasteiger partial charge on any atom is -0.397 e. The number of rotatable bonds is 5. The maximum absolute atomic E-state index is 12.0. The lowest BCUT2D eigenvalue weighted by Crippen LogP contribution is -2.26. The highest BCUT2D eigenvalue weighted by Gasteiger charge is 2.28. The maximum Gasteiger partial charge on any atom is 0.267 e. The largest absolute Gasteiger partial charge is 0.397 e. The van der Waals surface area contributed by atoms with Crippen molar-refractivity contribution in [2.75, 3.05) is 12.3 Å². The number of nitrogens with zero attached hydrogens (tertiary/aromatic N) is 1. The lowest BCUT2D eigenvalue weighted by atomic mass is 10.3. The number of nitrogens with two attached hydrogens (primary N) is 1. The molecule has 17 heavy (non-hydrogen) atoms. The van der Waals surface area contributed by atoms with Gasteiger partial charge >= 0.3 is 0 Å². The van der Waals surface area contributed by atoms with Crippen molar-refractivity contribution in [3.8, 4) is 0 Å². The summed E-state index contributed by atoms with van der Waals surface area (Å²) >= 11 is 0. The van der Waals surface area contributed by atoms with E-state index in [1.54, 1.807) is 6.07 Å². The Morgan fingerprint density at radius 2 is 2.18 bits per heavy atom. The molecule has 0 spiro atoms. The molecule has 2 saturated carbocycles. The fourth-order valence-corrected chi connectivity index (χ4v) is 2.22. The first-order valence-corrected chi connectivity index (χ1v) is 6.49. The van der Waals surface area contributed by atoms with E-state index in [-0.39, 0.29) is 5.91 Å². The van der Waals surface area contributed by atoms with Crippen LogP contribution in [0.2, 0.25) is 0 Å². The van der Waals surface area contributed by atoms with Crippen LogP contribution < -0.4 is 11.1 Å². The number of hydrogen-bond donors (Lipinski definition) is 2. The summed E-state index contributed by atoms with van der Waals surface area (Å²) in [5, 5.41) is 2.99. The van der Waals surface area contributed by atoms with Crippen molar-refractivity contribution in [3.63, 3.8) is 0 Å². The molecule has 1 heterocycles. The van der Waals surface area contributed by atoms with Gasteiger partial charge in [0.15, 0.2) is 0 Å². The SMILES string of the molecule is Nc1cc(C(=O)NCCC2CC2)n(C2CC2)c1. The second kappa shape index (κ2) is 4.09. The molecule has 0 bridgehead atoms. The normalized spacial score (nSPS) is 19.3.